The van der Waals surface area contributed by atoms with Gasteiger partial charge in [-0.15, -0.1) is 0 Å². The van der Waals surface area contributed by atoms with Crippen molar-refractivity contribution < 1.29 is 0 Å². The molecule has 0 radical (unpaired) electrons. The van der Waals surface area contributed by atoms with Crippen LogP contribution in [0.15, 0.2) is 61.7 Å². The second kappa shape index (κ2) is 5.86. The number of fused-ring (bicyclic) bond motifs is 1. The first-order valence-corrected chi connectivity index (χ1v) is 7.24. The van der Waals surface area contributed by atoms with Gasteiger partial charge in [0, 0.05) is 16.6 Å². The molecule has 0 spiro atoms. The zero-order valence-electron chi connectivity index (χ0n) is 12.6. The number of hydrogen-bond acceptors (Lipinski definition) is 2. The Morgan fingerprint density at radius 1 is 0.955 bits per heavy atom. The van der Waals surface area contributed by atoms with Gasteiger partial charge in [-0.1, -0.05) is 55.1 Å². The third-order valence-electron chi connectivity index (χ3n) is 3.68. The number of benzene rings is 2. The highest BCUT2D eigenvalue weighted by molar-refractivity contribution is 5.99. The average Bonchev–Trinajstić information content (AvgIpc) is 2.56. The van der Waals surface area contributed by atoms with Crippen LogP contribution in [0, 0.1) is 6.92 Å². The summed E-state index contributed by atoms with van der Waals surface area (Å²) in [6.07, 6.45) is 3.59. The van der Waals surface area contributed by atoms with Gasteiger partial charge in [0.15, 0.2) is 0 Å². The van der Waals surface area contributed by atoms with Gasteiger partial charge in [0.05, 0.1) is 16.9 Å². The summed E-state index contributed by atoms with van der Waals surface area (Å²) in [5, 5.41) is 4.58. The molecule has 3 rings (SSSR count). The van der Waals surface area contributed by atoms with Crippen LogP contribution in [0.2, 0.25) is 0 Å². The molecule has 3 aromatic rings. The van der Waals surface area contributed by atoms with Crippen molar-refractivity contribution in [2.24, 2.45) is 0 Å². The molecular formula is C20H18N2. The fraction of sp³-hybridized carbons (Fsp3) is 0.0500. The van der Waals surface area contributed by atoms with E-state index in [4.69, 9.17) is 0 Å². The molecule has 0 bridgehead atoms. The van der Waals surface area contributed by atoms with E-state index >= 15 is 0 Å². The van der Waals surface area contributed by atoms with E-state index in [1.54, 1.807) is 6.08 Å². The molecule has 0 aliphatic rings. The minimum atomic E-state index is 0.836. The molecule has 2 heteroatoms. The minimum Gasteiger partial charge on any atom is -0.354 e. The van der Waals surface area contributed by atoms with Crippen molar-refractivity contribution in [2.75, 3.05) is 5.32 Å². The van der Waals surface area contributed by atoms with Crippen LogP contribution in [-0.2, 0) is 0 Å². The van der Waals surface area contributed by atoms with Crippen LogP contribution in [-0.4, -0.2) is 4.98 Å². The van der Waals surface area contributed by atoms with Gasteiger partial charge in [0.2, 0.25) is 0 Å². The highest BCUT2D eigenvalue weighted by Gasteiger charge is 2.11. The normalized spacial score (nSPS) is 10.4. The zero-order valence-corrected chi connectivity index (χ0v) is 12.6. The summed E-state index contributed by atoms with van der Waals surface area (Å²) in [7, 11) is 0. The summed E-state index contributed by atoms with van der Waals surface area (Å²) in [5.74, 6) is 0. The first-order chi connectivity index (χ1) is 10.7. The quantitative estimate of drug-likeness (QED) is 0.678. The number of nitrogens with zero attached hydrogens (tertiary/aromatic N) is 1. The van der Waals surface area contributed by atoms with Gasteiger partial charge in [-0.25, -0.2) is 4.98 Å². The van der Waals surface area contributed by atoms with Gasteiger partial charge in [0.1, 0.15) is 0 Å². The second-order valence-corrected chi connectivity index (χ2v) is 5.20. The smallest absolute Gasteiger partial charge is 0.0730 e. The summed E-state index contributed by atoms with van der Waals surface area (Å²) >= 11 is 0. The number of rotatable bonds is 4. The fourth-order valence-corrected chi connectivity index (χ4v) is 2.52. The van der Waals surface area contributed by atoms with Gasteiger partial charge in [-0.2, -0.15) is 0 Å². The predicted molar refractivity (Wildman–Crippen MR) is 96.4 cm³/mol. The highest BCUT2D eigenvalue weighted by atomic mass is 14.9. The van der Waals surface area contributed by atoms with Crippen molar-refractivity contribution in [1.29, 1.82) is 0 Å². The van der Waals surface area contributed by atoms with Crippen LogP contribution in [0.3, 0.4) is 0 Å². The van der Waals surface area contributed by atoms with Crippen LogP contribution in [0.25, 0.3) is 23.1 Å². The summed E-state index contributed by atoms with van der Waals surface area (Å²) in [4.78, 5) is 4.65. The topological polar surface area (TPSA) is 24.9 Å². The fourth-order valence-electron chi connectivity index (χ4n) is 2.52. The van der Waals surface area contributed by atoms with Crippen LogP contribution in [0.4, 0.5) is 11.4 Å². The van der Waals surface area contributed by atoms with Gasteiger partial charge >= 0.3 is 0 Å². The lowest BCUT2D eigenvalue weighted by atomic mass is 10.0. The number of nitrogens with one attached hydrogen (secondary N) is 1. The maximum atomic E-state index is 4.65. The third-order valence-corrected chi connectivity index (χ3v) is 3.68. The van der Waals surface area contributed by atoms with Crippen molar-refractivity contribution in [1.82, 2.24) is 4.98 Å². The molecule has 22 heavy (non-hydrogen) atoms. The molecule has 0 saturated heterocycles. The van der Waals surface area contributed by atoms with Crippen LogP contribution in [0.1, 0.15) is 16.8 Å². The lowest BCUT2D eigenvalue weighted by Crippen LogP contribution is -1.99. The monoisotopic (exact) mass is 286 g/mol. The molecule has 0 amide bonds. The van der Waals surface area contributed by atoms with Crippen molar-refractivity contribution in [3.63, 3.8) is 0 Å². The van der Waals surface area contributed by atoms with E-state index in [-0.39, 0.29) is 0 Å². The molecule has 1 heterocycles. The Balaban J connectivity index is 2.22. The lowest BCUT2D eigenvalue weighted by Gasteiger charge is -2.15. The first-order valence-electron chi connectivity index (χ1n) is 7.24. The van der Waals surface area contributed by atoms with Crippen LogP contribution < -0.4 is 5.32 Å². The number of anilines is 2. The van der Waals surface area contributed by atoms with E-state index in [1.807, 2.05) is 24.3 Å². The van der Waals surface area contributed by atoms with Crippen LogP contribution >= 0.6 is 0 Å². The Morgan fingerprint density at radius 2 is 1.68 bits per heavy atom. The molecule has 0 fully saturated rings. The number of pyridine rings is 1. The Morgan fingerprint density at radius 3 is 2.36 bits per heavy atom. The summed E-state index contributed by atoms with van der Waals surface area (Å²) < 4.78 is 0. The molecule has 0 aliphatic carbocycles. The summed E-state index contributed by atoms with van der Waals surface area (Å²) in [5.41, 5.74) is 6.04. The standard InChI is InChI=1S/C20H18N2/c1-4-16-18(5-2)22-19-9-7-6-8-17(19)20(16)21-15-12-10-14(3)11-13-15/h4-13H,1-2H2,3H3,(H,21,22). The molecule has 0 unspecified atom stereocenters. The van der Waals surface area contributed by atoms with E-state index in [9.17, 15) is 0 Å². The van der Waals surface area contributed by atoms with E-state index < -0.39 is 0 Å². The zero-order chi connectivity index (χ0) is 15.5. The van der Waals surface area contributed by atoms with E-state index in [1.165, 1.54) is 5.56 Å². The van der Waals surface area contributed by atoms with Gasteiger partial charge in [-0.05, 0) is 31.2 Å². The summed E-state index contributed by atoms with van der Waals surface area (Å²) in [6, 6.07) is 16.4. The van der Waals surface area contributed by atoms with Gasteiger partial charge in [-0.3, -0.25) is 0 Å². The molecule has 0 saturated carbocycles. The predicted octanol–water partition coefficient (Wildman–Crippen LogP) is 5.57. The van der Waals surface area contributed by atoms with E-state index in [2.05, 4.69) is 60.7 Å². The van der Waals surface area contributed by atoms with Crippen molar-refractivity contribution in [2.45, 2.75) is 6.92 Å². The van der Waals surface area contributed by atoms with Crippen molar-refractivity contribution >= 4 is 34.4 Å². The SMILES string of the molecule is C=Cc1nc2ccccc2c(Nc2ccc(C)cc2)c1C=C. The molecule has 108 valence electrons. The molecular weight excluding hydrogens is 268 g/mol. The number of para-hydroxylation sites is 1. The van der Waals surface area contributed by atoms with Crippen LogP contribution in [0.5, 0.6) is 0 Å². The largest absolute Gasteiger partial charge is 0.354 e. The summed E-state index contributed by atoms with van der Waals surface area (Å²) in [6.45, 7) is 9.88. The molecule has 1 aromatic heterocycles. The molecule has 0 aliphatic heterocycles. The van der Waals surface area contributed by atoms with Gasteiger partial charge in [0.25, 0.3) is 0 Å². The number of aromatic nitrogens is 1. The van der Waals surface area contributed by atoms with Crippen molar-refractivity contribution in [3.05, 3.63) is 78.5 Å². The minimum absolute atomic E-state index is 0.836. The molecule has 0 atom stereocenters. The van der Waals surface area contributed by atoms with Gasteiger partial charge < -0.3 is 5.32 Å². The van der Waals surface area contributed by atoms with E-state index in [0.29, 0.717) is 0 Å². The Kier molecular flexibility index (Phi) is 3.75. The van der Waals surface area contributed by atoms with Crippen molar-refractivity contribution in [3.8, 4) is 0 Å². The Labute approximate surface area is 130 Å². The Hall–Kier alpha value is -2.87. The van der Waals surface area contributed by atoms with E-state index in [0.717, 1.165) is 33.5 Å². The molecule has 2 nitrogen and oxygen atoms in total. The highest BCUT2D eigenvalue weighted by Crippen LogP contribution is 2.32. The molecule has 2 aromatic carbocycles. The lowest BCUT2D eigenvalue weighted by molar-refractivity contribution is 1.35. The maximum Gasteiger partial charge on any atom is 0.0730 e. The first kappa shape index (κ1) is 14.1. The maximum absolute atomic E-state index is 4.65. The second-order valence-electron chi connectivity index (χ2n) is 5.20. The third kappa shape index (κ3) is 2.51. The molecule has 1 N–H and O–H groups in total. The number of hydrogen-bond donors (Lipinski definition) is 1. The average molecular weight is 286 g/mol. The number of aryl methyl sites for hydroxylation is 1. The Bertz CT molecular complexity index is 845.